The van der Waals surface area contributed by atoms with E-state index in [0.717, 1.165) is 18.4 Å². The fourth-order valence-corrected chi connectivity index (χ4v) is 1.92. The van der Waals surface area contributed by atoms with Gasteiger partial charge < -0.3 is 10.5 Å². The molecule has 0 aromatic heterocycles. The van der Waals surface area contributed by atoms with Crippen LogP contribution in [0, 0.1) is 5.92 Å². The van der Waals surface area contributed by atoms with Crippen LogP contribution >= 0.6 is 11.6 Å². The molecule has 0 amide bonds. The first-order valence-electron chi connectivity index (χ1n) is 5.67. The van der Waals surface area contributed by atoms with Gasteiger partial charge in [-0.1, -0.05) is 37.9 Å². The SMILES string of the molecule is CCC(C)CC(N)c1ccc(OC)c(Cl)c1. The minimum absolute atomic E-state index is 0.0540. The van der Waals surface area contributed by atoms with Gasteiger partial charge in [-0.3, -0.25) is 0 Å². The van der Waals surface area contributed by atoms with Crippen molar-refractivity contribution >= 4 is 11.6 Å². The Bertz CT molecular complexity index is 341. The Morgan fingerprint density at radius 1 is 1.44 bits per heavy atom. The third-order valence-corrected chi connectivity index (χ3v) is 3.25. The highest BCUT2D eigenvalue weighted by molar-refractivity contribution is 6.32. The summed E-state index contributed by atoms with van der Waals surface area (Å²) in [4.78, 5) is 0. The minimum atomic E-state index is 0.0540. The van der Waals surface area contributed by atoms with Gasteiger partial charge in [0.25, 0.3) is 0 Å². The van der Waals surface area contributed by atoms with Gasteiger partial charge in [0.1, 0.15) is 5.75 Å². The van der Waals surface area contributed by atoms with E-state index in [9.17, 15) is 0 Å². The van der Waals surface area contributed by atoms with Crippen LogP contribution < -0.4 is 10.5 Å². The Hall–Kier alpha value is -0.730. The summed E-state index contributed by atoms with van der Waals surface area (Å²) in [5.74, 6) is 1.33. The second kappa shape index (κ2) is 6.12. The van der Waals surface area contributed by atoms with Gasteiger partial charge in [0, 0.05) is 6.04 Å². The molecular formula is C13H20ClNO. The zero-order valence-electron chi connectivity index (χ0n) is 10.2. The molecule has 0 fully saturated rings. The average Bonchev–Trinajstić information content (AvgIpc) is 2.28. The summed E-state index contributed by atoms with van der Waals surface area (Å²) in [5, 5.41) is 0.625. The standard InChI is InChI=1S/C13H20ClNO/c1-4-9(2)7-12(15)10-5-6-13(16-3)11(14)8-10/h5-6,8-9,12H,4,7,15H2,1-3H3. The summed E-state index contributed by atoms with van der Waals surface area (Å²) in [7, 11) is 1.61. The lowest BCUT2D eigenvalue weighted by Gasteiger charge is -2.17. The number of methoxy groups -OCH3 is 1. The number of hydrogen-bond donors (Lipinski definition) is 1. The van der Waals surface area contributed by atoms with Crippen molar-refractivity contribution in [2.24, 2.45) is 11.7 Å². The Morgan fingerprint density at radius 3 is 2.62 bits per heavy atom. The molecule has 0 aliphatic heterocycles. The van der Waals surface area contributed by atoms with Crippen LogP contribution in [0.5, 0.6) is 5.75 Å². The summed E-state index contributed by atoms with van der Waals surface area (Å²) in [5.41, 5.74) is 7.21. The van der Waals surface area contributed by atoms with Gasteiger partial charge in [0.05, 0.1) is 12.1 Å². The molecule has 16 heavy (non-hydrogen) atoms. The maximum atomic E-state index is 6.13. The second-order valence-electron chi connectivity index (χ2n) is 4.25. The molecule has 0 aliphatic rings. The quantitative estimate of drug-likeness (QED) is 0.852. The Balaban J connectivity index is 2.76. The molecule has 0 spiro atoms. The topological polar surface area (TPSA) is 35.2 Å². The van der Waals surface area contributed by atoms with E-state index in [2.05, 4.69) is 13.8 Å². The molecule has 2 atom stereocenters. The molecule has 0 heterocycles. The van der Waals surface area contributed by atoms with Crippen molar-refractivity contribution in [2.75, 3.05) is 7.11 Å². The molecule has 1 rings (SSSR count). The maximum absolute atomic E-state index is 6.13. The van der Waals surface area contributed by atoms with Crippen LogP contribution in [0.2, 0.25) is 5.02 Å². The van der Waals surface area contributed by atoms with Crippen molar-refractivity contribution in [3.05, 3.63) is 28.8 Å². The van der Waals surface area contributed by atoms with Gasteiger partial charge in [0.15, 0.2) is 0 Å². The zero-order valence-corrected chi connectivity index (χ0v) is 10.9. The predicted molar refractivity (Wildman–Crippen MR) is 69.0 cm³/mol. The van der Waals surface area contributed by atoms with Gasteiger partial charge in [-0.15, -0.1) is 0 Å². The van der Waals surface area contributed by atoms with E-state index in [1.807, 2.05) is 18.2 Å². The molecule has 3 heteroatoms. The van der Waals surface area contributed by atoms with E-state index in [4.69, 9.17) is 22.1 Å². The van der Waals surface area contributed by atoms with Crippen LogP contribution in [0.15, 0.2) is 18.2 Å². The molecule has 2 unspecified atom stereocenters. The molecule has 0 saturated carbocycles. The van der Waals surface area contributed by atoms with Crippen LogP contribution in [-0.4, -0.2) is 7.11 Å². The fraction of sp³-hybridized carbons (Fsp3) is 0.538. The molecule has 0 bridgehead atoms. The molecule has 2 nitrogen and oxygen atoms in total. The van der Waals surface area contributed by atoms with Gasteiger partial charge in [-0.2, -0.15) is 0 Å². The lowest BCUT2D eigenvalue weighted by Crippen LogP contribution is -2.13. The summed E-state index contributed by atoms with van der Waals surface area (Å²) in [6.45, 7) is 4.39. The molecule has 0 radical (unpaired) electrons. The van der Waals surface area contributed by atoms with Crippen molar-refractivity contribution in [3.63, 3.8) is 0 Å². The molecule has 0 aliphatic carbocycles. The molecule has 1 aromatic carbocycles. The van der Waals surface area contributed by atoms with Crippen molar-refractivity contribution < 1.29 is 4.74 Å². The molecule has 2 N–H and O–H groups in total. The molecule has 1 aromatic rings. The average molecular weight is 242 g/mol. The first kappa shape index (κ1) is 13.3. The zero-order chi connectivity index (χ0) is 12.1. The number of halogens is 1. The van der Waals surface area contributed by atoms with Crippen LogP contribution in [-0.2, 0) is 0 Å². The monoisotopic (exact) mass is 241 g/mol. The van der Waals surface area contributed by atoms with Crippen molar-refractivity contribution in [3.8, 4) is 5.75 Å². The fourth-order valence-electron chi connectivity index (χ4n) is 1.65. The smallest absolute Gasteiger partial charge is 0.137 e. The molecule has 0 saturated heterocycles. The van der Waals surface area contributed by atoms with Crippen LogP contribution in [0.3, 0.4) is 0 Å². The Labute approximate surface area is 103 Å². The van der Waals surface area contributed by atoms with Crippen molar-refractivity contribution in [2.45, 2.75) is 32.7 Å². The maximum Gasteiger partial charge on any atom is 0.137 e. The van der Waals surface area contributed by atoms with Gasteiger partial charge in [-0.25, -0.2) is 0 Å². The summed E-state index contributed by atoms with van der Waals surface area (Å²) >= 11 is 6.06. The number of rotatable bonds is 5. The highest BCUT2D eigenvalue weighted by atomic mass is 35.5. The summed E-state index contributed by atoms with van der Waals surface area (Å²) in [6, 6.07) is 5.80. The van der Waals surface area contributed by atoms with E-state index in [1.54, 1.807) is 7.11 Å². The van der Waals surface area contributed by atoms with Gasteiger partial charge >= 0.3 is 0 Å². The van der Waals surface area contributed by atoms with E-state index >= 15 is 0 Å². The lowest BCUT2D eigenvalue weighted by molar-refractivity contribution is 0.414. The van der Waals surface area contributed by atoms with E-state index in [0.29, 0.717) is 16.7 Å². The summed E-state index contributed by atoms with van der Waals surface area (Å²) in [6.07, 6.45) is 2.14. The third kappa shape index (κ3) is 3.39. The first-order valence-corrected chi connectivity index (χ1v) is 6.05. The molecular weight excluding hydrogens is 222 g/mol. The predicted octanol–water partition coefficient (Wildman–Crippen LogP) is 3.78. The Kier molecular flexibility index (Phi) is 5.10. The highest BCUT2D eigenvalue weighted by Crippen LogP contribution is 2.29. The Morgan fingerprint density at radius 2 is 2.12 bits per heavy atom. The van der Waals surface area contributed by atoms with Crippen molar-refractivity contribution in [1.29, 1.82) is 0 Å². The summed E-state index contributed by atoms with van der Waals surface area (Å²) < 4.78 is 5.11. The first-order chi connectivity index (χ1) is 7.58. The number of benzene rings is 1. The number of ether oxygens (including phenoxy) is 1. The minimum Gasteiger partial charge on any atom is -0.495 e. The lowest BCUT2D eigenvalue weighted by atomic mass is 9.95. The van der Waals surface area contributed by atoms with E-state index in [1.165, 1.54) is 0 Å². The van der Waals surface area contributed by atoms with E-state index < -0.39 is 0 Å². The highest BCUT2D eigenvalue weighted by Gasteiger charge is 2.11. The van der Waals surface area contributed by atoms with Crippen LogP contribution in [0.1, 0.15) is 38.3 Å². The van der Waals surface area contributed by atoms with E-state index in [-0.39, 0.29) is 6.04 Å². The second-order valence-corrected chi connectivity index (χ2v) is 4.66. The van der Waals surface area contributed by atoms with Crippen molar-refractivity contribution in [1.82, 2.24) is 0 Å². The third-order valence-electron chi connectivity index (χ3n) is 2.96. The number of hydrogen-bond acceptors (Lipinski definition) is 2. The van der Waals surface area contributed by atoms with Crippen LogP contribution in [0.25, 0.3) is 0 Å². The largest absolute Gasteiger partial charge is 0.495 e. The van der Waals surface area contributed by atoms with Crippen LogP contribution in [0.4, 0.5) is 0 Å². The van der Waals surface area contributed by atoms with Gasteiger partial charge in [0.2, 0.25) is 0 Å². The molecule has 90 valence electrons. The van der Waals surface area contributed by atoms with Gasteiger partial charge in [-0.05, 0) is 30.0 Å². The normalized spacial score (nSPS) is 14.6. The number of nitrogens with two attached hydrogens (primary N) is 1.